The van der Waals surface area contributed by atoms with Gasteiger partial charge in [-0.3, -0.25) is 0 Å². The van der Waals surface area contributed by atoms with Crippen LogP contribution >= 0.6 is 0 Å². The van der Waals surface area contributed by atoms with Gasteiger partial charge in [0.25, 0.3) is 0 Å². The molecule has 0 radical (unpaired) electrons. The largest absolute Gasteiger partial charge is 0.744 e. The van der Waals surface area contributed by atoms with Crippen LogP contribution in [0, 0.1) is 50.1 Å². The lowest BCUT2D eigenvalue weighted by Gasteiger charge is -2.10. The maximum Gasteiger partial charge on any atom is 0.357 e. The molecule has 0 unspecified atom stereocenters. The van der Waals surface area contributed by atoms with Gasteiger partial charge < -0.3 is 4.55 Å². The molecule has 0 aromatic heterocycles. The quantitative estimate of drug-likeness (QED) is 0.163. The van der Waals surface area contributed by atoms with Crippen molar-refractivity contribution in [2.75, 3.05) is 0 Å². The van der Waals surface area contributed by atoms with Gasteiger partial charge in [0.05, 0.1) is 0 Å². The summed E-state index contributed by atoms with van der Waals surface area (Å²) in [5.74, 6) is -12.8. The van der Waals surface area contributed by atoms with Crippen molar-refractivity contribution in [3.8, 4) is 0 Å². The molecular formula is C20H14F5IO3S. The second-order valence-electron chi connectivity index (χ2n) is 6.04. The minimum Gasteiger partial charge on any atom is -0.744 e. The molecule has 160 valence electrons. The normalized spacial score (nSPS) is 11.1. The van der Waals surface area contributed by atoms with Crippen LogP contribution in [0.15, 0.2) is 53.4 Å². The number of aryl methyl sites for hydroxylation is 2. The lowest BCUT2D eigenvalue weighted by molar-refractivity contribution is -0.597. The molecule has 0 saturated heterocycles. The molecule has 0 amide bonds. The summed E-state index contributed by atoms with van der Waals surface area (Å²) in [5, 5.41) is 0. The van der Waals surface area contributed by atoms with Crippen molar-refractivity contribution in [2.45, 2.75) is 18.7 Å². The molecule has 0 aliphatic carbocycles. The van der Waals surface area contributed by atoms with E-state index >= 15 is 0 Å². The molecule has 3 aromatic carbocycles. The average Bonchev–Trinajstić information content (AvgIpc) is 2.68. The fourth-order valence-electron chi connectivity index (χ4n) is 2.12. The fourth-order valence-corrected chi connectivity index (χ4v) is 4.90. The van der Waals surface area contributed by atoms with Gasteiger partial charge in [0.2, 0.25) is 5.82 Å². The van der Waals surface area contributed by atoms with Gasteiger partial charge in [0.1, 0.15) is 15.0 Å². The smallest absolute Gasteiger partial charge is 0.357 e. The first-order chi connectivity index (χ1) is 13.9. The van der Waals surface area contributed by atoms with E-state index in [1.54, 1.807) is 0 Å². The molecule has 0 spiro atoms. The summed E-state index contributed by atoms with van der Waals surface area (Å²) >= 11 is 0.00313. The van der Waals surface area contributed by atoms with E-state index in [1.807, 2.05) is 0 Å². The van der Waals surface area contributed by atoms with Crippen LogP contribution in [0.4, 0.5) is 22.0 Å². The van der Waals surface area contributed by atoms with Gasteiger partial charge in [0, 0.05) is 0 Å². The molecule has 0 atom stereocenters. The maximum atomic E-state index is 12.6. The Morgan fingerprint density at radius 2 is 0.933 bits per heavy atom. The van der Waals surface area contributed by atoms with Crippen molar-refractivity contribution >= 4 is 10.1 Å². The minimum atomic E-state index is -5.77. The first-order valence-corrected chi connectivity index (χ1v) is 11.7. The van der Waals surface area contributed by atoms with Crippen LogP contribution in [-0.4, -0.2) is 13.0 Å². The van der Waals surface area contributed by atoms with Gasteiger partial charge in [-0.25, -0.2) is 30.4 Å². The minimum absolute atomic E-state index is 0.00313. The number of hydrogen-bond acceptors (Lipinski definition) is 3. The van der Waals surface area contributed by atoms with Crippen molar-refractivity contribution in [1.82, 2.24) is 0 Å². The highest BCUT2D eigenvalue weighted by Crippen LogP contribution is 2.26. The summed E-state index contributed by atoms with van der Waals surface area (Å²) in [5.41, 5.74) is 2.68. The number of hydrogen-bond donors (Lipinski definition) is 0. The monoisotopic (exact) mass is 556 g/mol. The SMILES string of the molecule is Cc1ccc([I+]c2ccc(C)cc2)cc1.O=S(=O)([O-])c1c(F)c(F)c(F)c(F)c1F. The summed E-state index contributed by atoms with van der Waals surface area (Å²) in [7, 11) is -5.77. The van der Waals surface area contributed by atoms with E-state index < -0.39 is 44.1 Å². The number of benzene rings is 3. The Balaban J connectivity index is 0.000000214. The fraction of sp³-hybridized carbons (Fsp3) is 0.100. The van der Waals surface area contributed by atoms with E-state index in [2.05, 4.69) is 62.4 Å². The molecule has 0 N–H and O–H groups in total. The van der Waals surface area contributed by atoms with Crippen molar-refractivity contribution in [3.05, 3.63) is 95.9 Å². The molecule has 10 heteroatoms. The van der Waals surface area contributed by atoms with Crippen LogP contribution in [0.3, 0.4) is 0 Å². The zero-order chi connectivity index (χ0) is 22.6. The molecular weight excluding hydrogens is 542 g/mol. The van der Waals surface area contributed by atoms with Crippen LogP contribution < -0.4 is 21.2 Å². The molecule has 0 aliphatic heterocycles. The highest BCUT2D eigenvalue weighted by atomic mass is 127. The summed E-state index contributed by atoms with van der Waals surface area (Å²) < 4.78 is 95.9. The summed E-state index contributed by atoms with van der Waals surface area (Å²) in [6, 6.07) is 17.8. The van der Waals surface area contributed by atoms with Crippen molar-refractivity contribution in [2.24, 2.45) is 0 Å². The second-order valence-corrected chi connectivity index (χ2v) is 10.4. The average molecular weight is 556 g/mol. The summed E-state index contributed by atoms with van der Waals surface area (Å²) in [6.07, 6.45) is 0. The molecule has 0 fully saturated rings. The van der Waals surface area contributed by atoms with Gasteiger partial charge in [-0.2, -0.15) is 0 Å². The predicted octanol–water partition coefficient (Wildman–Crippen LogP) is 1.72. The summed E-state index contributed by atoms with van der Waals surface area (Å²) in [4.78, 5) is -2.38. The molecule has 30 heavy (non-hydrogen) atoms. The Hall–Kier alpha value is -2.05. The third-order valence-electron chi connectivity index (χ3n) is 3.66. The second kappa shape index (κ2) is 9.84. The number of rotatable bonds is 3. The lowest BCUT2D eigenvalue weighted by atomic mass is 10.2. The Morgan fingerprint density at radius 3 is 1.23 bits per heavy atom. The van der Waals surface area contributed by atoms with Gasteiger partial charge in [-0.05, 0) is 38.1 Å². The first-order valence-electron chi connectivity index (χ1n) is 8.17. The zero-order valence-electron chi connectivity index (χ0n) is 15.5. The molecule has 3 aromatic rings. The van der Waals surface area contributed by atoms with Crippen LogP contribution in [-0.2, 0) is 10.1 Å². The van der Waals surface area contributed by atoms with E-state index in [9.17, 15) is 34.9 Å². The maximum absolute atomic E-state index is 12.6. The van der Waals surface area contributed by atoms with Crippen LogP contribution in [0.1, 0.15) is 11.1 Å². The molecule has 0 heterocycles. The molecule has 0 saturated carbocycles. The third kappa shape index (κ3) is 5.99. The zero-order valence-corrected chi connectivity index (χ0v) is 18.5. The summed E-state index contributed by atoms with van der Waals surface area (Å²) in [6.45, 7) is 4.27. The van der Waals surface area contributed by atoms with Crippen LogP contribution in [0.2, 0.25) is 0 Å². The van der Waals surface area contributed by atoms with Crippen LogP contribution in [0.25, 0.3) is 0 Å². The Labute approximate surface area is 180 Å². The highest BCUT2D eigenvalue weighted by Gasteiger charge is 2.28. The predicted molar refractivity (Wildman–Crippen MR) is 93.9 cm³/mol. The molecule has 0 aliphatic rings. The van der Waals surface area contributed by atoms with E-state index in [4.69, 9.17) is 0 Å². The van der Waals surface area contributed by atoms with E-state index in [1.165, 1.54) is 18.3 Å². The Bertz CT molecular complexity index is 1080. The molecule has 3 rings (SSSR count). The van der Waals surface area contributed by atoms with Crippen molar-refractivity contribution in [3.63, 3.8) is 0 Å². The van der Waals surface area contributed by atoms with Crippen molar-refractivity contribution < 1.29 is 56.1 Å². The topological polar surface area (TPSA) is 57.2 Å². The Morgan fingerprint density at radius 1 is 0.633 bits per heavy atom. The standard InChI is InChI=1S/C14H14I.C6HF5O3S/c1-11-3-7-13(8-4-11)15-14-9-5-12(2)6-10-14;7-1-2(8)4(10)6(15(12,13)14)5(11)3(1)9/h3-10H,1-2H3;(H,12,13,14)/q+1;/p-1. The van der Waals surface area contributed by atoms with E-state index in [-0.39, 0.29) is 21.2 Å². The molecule has 0 bridgehead atoms. The molecule has 3 nitrogen and oxygen atoms in total. The lowest BCUT2D eigenvalue weighted by Crippen LogP contribution is -3.61. The van der Waals surface area contributed by atoms with Gasteiger partial charge >= 0.3 is 21.2 Å². The van der Waals surface area contributed by atoms with Gasteiger partial charge in [0.15, 0.2) is 30.4 Å². The Kier molecular flexibility index (Phi) is 7.94. The van der Waals surface area contributed by atoms with E-state index in [0.717, 1.165) is 0 Å². The van der Waals surface area contributed by atoms with E-state index in [0.29, 0.717) is 0 Å². The van der Waals surface area contributed by atoms with Crippen LogP contribution in [0.5, 0.6) is 0 Å². The number of halogens is 6. The first kappa shape index (κ1) is 24.2. The van der Waals surface area contributed by atoms with Crippen molar-refractivity contribution in [1.29, 1.82) is 0 Å². The van der Waals surface area contributed by atoms with Gasteiger partial charge in [-0.1, -0.05) is 35.4 Å². The third-order valence-corrected chi connectivity index (χ3v) is 7.20. The highest BCUT2D eigenvalue weighted by molar-refractivity contribution is 7.85. The van der Waals surface area contributed by atoms with Gasteiger partial charge in [-0.15, -0.1) is 0 Å².